The van der Waals surface area contributed by atoms with Gasteiger partial charge in [0.15, 0.2) is 10.9 Å². The molecule has 2 aliphatic rings. The number of benzene rings is 1. The van der Waals surface area contributed by atoms with E-state index in [4.69, 9.17) is 0 Å². The lowest BCUT2D eigenvalue weighted by atomic mass is 9.83. The van der Waals surface area contributed by atoms with Crippen molar-refractivity contribution < 1.29 is 4.79 Å². The van der Waals surface area contributed by atoms with Crippen LogP contribution in [0.5, 0.6) is 0 Å². The van der Waals surface area contributed by atoms with E-state index in [1.807, 2.05) is 26.1 Å². The van der Waals surface area contributed by atoms with Crippen LogP contribution in [-0.4, -0.2) is 32.8 Å². The van der Waals surface area contributed by atoms with Crippen molar-refractivity contribution >= 4 is 23.2 Å². The summed E-state index contributed by atoms with van der Waals surface area (Å²) in [4.78, 5) is 15.3. The molecule has 0 radical (unpaired) electrons. The zero-order chi connectivity index (χ0) is 20.9. The topological polar surface area (TPSA) is 51.0 Å². The molecule has 1 fully saturated rings. The van der Waals surface area contributed by atoms with Crippen molar-refractivity contribution in [1.82, 2.24) is 14.8 Å². The zero-order valence-corrected chi connectivity index (χ0v) is 19.0. The van der Waals surface area contributed by atoms with Gasteiger partial charge in [0.1, 0.15) is 5.82 Å². The number of hydrogen-bond donors (Lipinski definition) is 0. The van der Waals surface area contributed by atoms with E-state index in [9.17, 15) is 4.79 Å². The van der Waals surface area contributed by atoms with Crippen LogP contribution < -0.4 is 4.90 Å². The van der Waals surface area contributed by atoms with Crippen molar-refractivity contribution in [3.05, 3.63) is 47.4 Å². The highest BCUT2D eigenvalue weighted by Crippen LogP contribution is 2.47. The first kappa shape index (κ1) is 20.2. The van der Waals surface area contributed by atoms with Crippen molar-refractivity contribution in [1.29, 1.82) is 0 Å². The Labute approximate surface area is 177 Å². The molecule has 5 nitrogen and oxygen atoms in total. The van der Waals surface area contributed by atoms with E-state index in [0.717, 1.165) is 16.7 Å². The summed E-state index contributed by atoms with van der Waals surface area (Å²) >= 11 is 1.53. The summed E-state index contributed by atoms with van der Waals surface area (Å²) in [6.45, 7) is 10.6. The number of hydrogen-bond acceptors (Lipinski definition) is 5. The summed E-state index contributed by atoms with van der Waals surface area (Å²) in [5.74, 6) is 1.48. The zero-order valence-electron chi connectivity index (χ0n) is 18.1. The molecule has 4 rings (SSSR count). The van der Waals surface area contributed by atoms with Gasteiger partial charge in [-0.1, -0.05) is 57.7 Å². The van der Waals surface area contributed by atoms with Gasteiger partial charge >= 0.3 is 0 Å². The summed E-state index contributed by atoms with van der Waals surface area (Å²) in [5, 5.41) is 9.50. The van der Waals surface area contributed by atoms with Gasteiger partial charge in [-0.15, -0.1) is 10.2 Å². The molecule has 6 heteroatoms. The van der Waals surface area contributed by atoms with Gasteiger partial charge in [0, 0.05) is 41.9 Å². The monoisotopic (exact) mass is 410 g/mol. The summed E-state index contributed by atoms with van der Waals surface area (Å²) in [5.41, 5.74) is 3.29. The summed E-state index contributed by atoms with van der Waals surface area (Å²) in [6.07, 6.45) is 4.18. The largest absolute Gasteiger partial charge is 0.347 e. The van der Waals surface area contributed by atoms with Crippen LogP contribution in [0.25, 0.3) is 0 Å². The Kier molecular flexibility index (Phi) is 5.09. The van der Waals surface area contributed by atoms with E-state index in [2.05, 4.69) is 65.6 Å². The third-order valence-electron chi connectivity index (χ3n) is 6.02. The number of nitrogens with zero attached hydrogens (tertiary/aromatic N) is 4. The van der Waals surface area contributed by atoms with Crippen LogP contribution in [0.2, 0.25) is 0 Å². The van der Waals surface area contributed by atoms with Gasteiger partial charge < -0.3 is 9.47 Å². The second-order valence-corrected chi connectivity index (χ2v) is 10.3. The first-order valence-corrected chi connectivity index (χ1v) is 11.3. The molecular weight excluding hydrogens is 380 g/mol. The number of ketones is 1. The molecule has 0 N–H and O–H groups in total. The van der Waals surface area contributed by atoms with Gasteiger partial charge in [0.2, 0.25) is 0 Å². The molecule has 0 bridgehead atoms. The van der Waals surface area contributed by atoms with Crippen LogP contribution in [0.1, 0.15) is 70.8 Å². The fraction of sp³-hybridized carbons (Fsp3) is 0.522. The van der Waals surface area contributed by atoms with Gasteiger partial charge in [-0.2, -0.15) is 0 Å². The molecule has 1 aromatic carbocycles. The smallest absolute Gasteiger partial charge is 0.192 e. The van der Waals surface area contributed by atoms with E-state index >= 15 is 0 Å². The number of fused-ring (bicyclic) bond motifs is 1. The van der Waals surface area contributed by atoms with E-state index in [-0.39, 0.29) is 16.4 Å². The Morgan fingerprint density at radius 2 is 1.90 bits per heavy atom. The molecule has 2 heterocycles. The Bertz CT molecular complexity index is 971. The van der Waals surface area contributed by atoms with E-state index in [1.54, 1.807) is 0 Å². The van der Waals surface area contributed by atoms with Crippen molar-refractivity contribution in [3.63, 3.8) is 0 Å². The molecule has 0 spiro atoms. The number of likely N-dealkylation sites (N-methyl/N-ethyl adjacent to an activating group) is 1. The van der Waals surface area contributed by atoms with Crippen molar-refractivity contribution in [2.45, 2.75) is 75.2 Å². The maximum atomic E-state index is 13.1. The molecular formula is C23H30N4OS. The number of carbonyl (C=O) groups is 1. The van der Waals surface area contributed by atoms with Crippen LogP contribution in [-0.2, 0) is 10.2 Å². The van der Waals surface area contributed by atoms with Crippen LogP contribution in [0, 0.1) is 0 Å². The van der Waals surface area contributed by atoms with Crippen molar-refractivity contribution in [2.24, 2.45) is 0 Å². The highest BCUT2D eigenvalue weighted by atomic mass is 32.2. The minimum absolute atomic E-state index is 0.120. The maximum absolute atomic E-state index is 13.1. The number of para-hydroxylation sites is 1. The Morgan fingerprint density at radius 3 is 2.52 bits per heavy atom. The highest BCUT2D eigenvalue weighted by molar-refractivity contribution is 8.00. The quantitative estimate of drug-likeness (QED) is 0.490. The average Bonchev–Trinajstić information content (AvgIpc) is 3.40. The molecule has 154 valence electrons. The summed E-state index contributed by atoms with van der Waals surface area (Å²) in [7, 11) is 2.04. The number of carbonyl (C=O) groups excluding carboxylic acids is 1. The molecule has 1 atom stereocenters. The number of allylic oxidation sites excluding steroid dienone is 2. The van der Waals surface area contributed by atoms with Gasteiger partial charge in [-0.3, -0.25) is 4.79 Å². The lowest BCUT2D eigenvalue weighted by molar-refractivity contribution is -0.114. The van der Waals surface area contributed by atoms with Crippen molar-refractivity contribution in [3.8, 4) is 0 Å². The number of thioether (sulfide) groups is 1. The Morgan fingerprint density at radius 1 is 1.21 bits per heavy atom. The van der Waals surface area contributed by atoms with Crippen LogP contribution in [0.15, 0.2) is 41.2 Å². The SMILES string of the molecule is CC(C)c1nnc(S[C@@H](C)C(=O)/C=C2/N(C)c3ccccc3C2(C)C)n1C1CC1. The molecule has 0 unspecified atom stereocenters. The van der Waals surface area contributed by atoms with Crippen LogP contribution >= 0.6 is 11.8 Å². The second kappa shape index (κ2) is 7.31. The fourth-order valence-electron chi connectivity index (χ4n) is 4.17. The third-order valence-corrected chi connectivity index (χ3v) is 7.10. The van der Waals surface area contributed by atoms with Crippen LogP contribution in [0.3, 0.4) is 0 Å². The van der Waals surface area contributed by atoms with Gasteiger partial charge in [0.25, 0.3) is 0 Å². The predicted molar refractivity (Wildman–Crippen MR) is 119 cm³/mol. The Hall–Kier alpha value is -2.08. The number of rotatable bonds is 6. The fourth-order valence-corrected chi connectivity index (χ4v) is 5.11. The van der Waals surface area contributed by atoms with Crippen LogP contribution in [0.4, 0.5) is 5.69 Å². The lowest BCUT2D eigenvalue weighted by Crippen LogP contribution is -2.25. The van der Waals surface area contributed by atoms with E-state index < -0.39 is 0 Å². The molecule has 1 aromatic heterocycles. The number of anilines is 1. The van der Waals surface area contributed by atoms with Gasteiger partial charge in [0.05, 0.1) is 5.25 Å². The van der Waals surface area contributed by atoms with E-state index in [0.29, 0.717) is 12.0 Å². The molecule has 29 heavy (non-hydrogen) atoms. The highest BCUT2D eigenvalue weighted by Gasteiger charge is 2.39. The predicted octanol–water partition coefficient (Wildman–Crippen LogP) is 5.10. The first-order chi connectivity index (χ1) is 13.7. The minimum Gasteiger partial charge on any atom is -0.347 e. The molecule has 1 saturated carbocycles. The van der Waals surface area contributed by atoms with Gasteiger partial charge in [-0.05, 0) is 31.4 Å². The number of aromatic nitrogens is 3. The normalized spacial score (nSPS) is 20.4. The Balaban J connectivity index is 1.57. The first-order valence-electron chi connectivity index (χ1n) is 10.4. The van der Waals surface area contributed by atoms with E-state index in [1.165, 1.54) is 35.9 Å². The molecule has 0 saturated heterocycles. The standard InChI is InChI=1S/C23H30N4OS/c1-14(2)21-24-25-22(27(21)16-11-12-16)29-15(3)19(28)13-20-23(4,5)17-9-7-8-10-18(17)26(20)6/h7-10,13-16H,11-12H2,1-6H3/b20-13+/t15-/m0/s1. The van der Waals surface area contributed by atoms with Gasteiger partial charge in [-0.25, -0.2) is 0 Å². The molecule has 1 aliphatic carbocycles. The maximum Gasteiger partial charge on any atom is 0.192 e. The summed E-state index contributed by atoms with van der Waals surface area (Å²) < 4.78 is 2.26. The third kappa shape index (κ3) is 3.52. The minimum atomic E-state index is -0.211. The molecule has 1 aliphatic heterocycles. The second-order valence-electron chi connectivity index (χ2n) is 8.99. The molecule has 2 aromatic rings. The summed E-state index contributed by atoms with van der Waals surface area (Å²) in [6, 6.07) is 8.88. The lowest BCUT2D eigenvalue weighted by Gasteiger charge is -2.24. The average molecular weight is 411 g/mol. The molecule has 0 amide bonds. The van der Waals surface area contributed by atoms with Crippen molar-refractivity contribution in [2.75, 3.05) is 11.9 Å².